The van der Waals surface area contributed by atoms with Gasteiger partial charge in [-0.15, -0.1) is 0 Å². The number of ether oxygens (including phenoxy) is 1. The monoisotopic (exact) mass is 215 g/mol. The lowest BCUT2D eigenvalue weighted by Gasteiger charge is -2.30. The molecule has 4 heteroatoms. The van der Waals surface area contributed by atoms with Crippen LogP contribution in [0.3, 0.4) is 0 Å². The van der Waals surface area contributed by atoms with Crippen molar-refractivity contribution in [3.63, 3.8) is 0 Å². The fraction of sp³-hybridized carbons (Fsp3) is 0.909. The molecule has 1 saturated carbocycles. The highest BCUT2D eigenvalue weighted by molar-refractivity contribution is 5.70. The summed E-state index contributed by atoms with van der Waals surface area (Å²) in [5.41, 5.74) is -0.0850. The summed E-state index contributed by atoms with van der Waals surface area (Å²) >= 11 is 0. The summed E-state index contributed by atoms with van der Waals surface area (Å²) in [5.74, 6) is 5.00. The van der Waals surface area contributed by atoms with Gasteiger partial charge in [-0.25, -0.2) is 5.90 Å². The summed E-state index contributed by atoms with van der Waals surface area (Å²) in [4.78, 5) is 16.1. The van der Waals surface area contributed by atoms with Crippen molar-refractivity contribution in [3.8, 4) is 0 Å². The molecule has 1 rings (SSSR count). The van der Waals surface area contributed by atoms with Gasteiger partial charge in [-0.2, -0.15) is 0 Å². The molecule has 0 aliphatic heterocycles. The third-order valence-electron chi connectivity index (χ3n) is 3.30. The standard InChI is InChI=1S/C11H21NO3/c1-14-10(13)8-11(9-15-12)6-4-2-3-5-7-11/h2-9,12H2,1H3. The molecule has 0 aromatic rings. The lowest BCUT2D eigenvalue weighted by Crippen LogP contribution is -2.31. The van der Waals surface area contributed by atoms with Gasteiger partial charge in [0.25, 0.3) is 0 Å². The van der Waals surface area contributed by atoms with Crippen LogP contribution in [-0.2, 0) is 14.4 Å². The van der Waals surface area contributed by atoms with Crippen molar-refractivity contribution in [1.29, 1.82) is 0 Å². The predicted octanol–water partition coefficient (Wildman–Crippen LogP) is 1.78. The van der Waals surface area contributed by atoms with Gasteiger partial charge in [0.1, 0.15) is 0 Å². The molecule has 0 aromatic heterocycles. The normalized spacial score (nSPS) is 20.7. The molecule has 0 heterocycles. The van der Waals surface area contributed by atoms with Gasteiger partial charge >= 0.3 is 5.97 Å². The quantitative estimate of drug-likeness (QED) is 0.441. The van der Waals surface area contributed by atoms with Gasteiger partial charge in [0.2, 0.25) is 0 Å². The Morgan fingerprint density at radius 1 is 1.27 bits per heavy atom. The van der Waals surface area contributed by atoms with Crippen molar-refractivity contribution in [2.45, 2.75) is 44.9 Å². The maximum Gasteiger partial charge on any atom is 0.306 e. The number of esters is 1. The van der Waals surface area contributed by atoms with E-state index in [-0.39, 0.29) is 11.4 Å². The van der Waals surface area contributed by atoms with Crippen LogP contribution in [0, 0.1) is 5.41 Å². The lowest BCUT2D eigenvalue weighted by atomic mass is 9.78. The molecule has 1 aliphatic rings. The van der Waals surface area contributed by atoms with Crippen molar-refractivity contribution >= 4 is 5.97 Å². The minimum atomic E-state index is -0.158. The molecule has 1 aliphatic carbocycles. The molecule has 4 nitrogen and oxygen atoms in total. The maximum absolute atomic E-state index is 11.4. The van der Waals surface area contributed by atoms with Gasteiger partial charge in [-0.3, -0.25) is 4.79 Å². The average molecular weight is 215 g/mol. The summed E-state index contributed by atoms with van der Waals surface area (Å²) in [6, 6.07) is 0. The fourth-order valence-electron chi connectivity index (χ4n) is 2.41. The first-order valence-electron chi connectivity index (χ1n) is 5.61. The topological polar surface area (TPSA) is 61.5 Å². The van der Waals surface area contributed by atoms with Gasteiger partial charge < -0.3 is 9.57 Å². The number of hydrogen-bond donors (Lipinski definition) is 1. The van der Waals surface area contributed by atoms with Crippen molar-refractivity contribution in [2.24, 2.45) is 11.3 Å². The molecular weight excluding hydrogens is 194 g/mol. The van der Waals surface area contributed by atoms with Crippen LogP contribution >= 0.6 is 0 Å². The number of hydrogen-bond acceptors (Lipinski definition) is 4. The molecule has 88 valence electrons. The van der Waals surface area contributed by atoms with E-state index in [0.29, 0.717) is 13.0 Å². The molecule has 0 unspecified atom stereocenters. The van der Waals surface area contributed by atoms with Crippen LogP contribution in [0.5, 0.6) is 0 Å². The molecule has 0 radical (unpaired) electrons. The highest BCUT2D eigenvalue weighted by Gasteiger charge is 2.34. The summed E-state index contributed by atoms with van der Waals surface area (Å²) in [6.45, 7) is 0.460. The molecule has 2 N–H and O–H groups in total. The molecule has 15 heavy (non-hydrogen) atoms. The molecule has 0 bridgehead atoms. The van der Waals surface area contributed by atoms with Crippen LogP contribution in [0.2, 0.25) is 0 Å². The Bertz CT molecular complexity index is 198. The van der Waals surface area contributed by atoms with Crippen LogP contribution in [0.1, 0.15) is 44.9 Å². The zero-order chi connectivity index (χ0) is 11.1. The van der Waals surface area contributed by atoms with Crippen LogP contribution in [0.4, 0.5) is 0 Å². The van der Waals surface area contributed by atoms with E-state index >= 15 is 0 Å². The van der Waals surface area contributed by atoms with E-state index in [9.17, 15) is 4.79 Å². The van der Waals surface area contributed by atoms with Crippen LogP contribution in [0.15, 0.2) is 0 Å². The largest absolute Gasteiger partial charge is 0.469 e. The van der Waals surface area contributed by atoms with Gasteiger partial charge in [0, 0.05) is 5.41 Å². The van der Waals surface area contributed by atoms with Gasteiger partial charge in [0.05, 0.1) is 20.1 Å². The third-order valence-corrected chi connectivity index (χ3v) is 3.30. The highest BCUT2D eigenvalue weighted by atomic mass is 16.6. The first-order chi connectivity index (χ1) is 7.22. The molecular formula is C11H21NO3. The Hall–Kier alpha value is -0.610. The first kappa shape index (κ1) is 12.5. The Morgan fingerprint density at radius 2 is 1.87 bits per heavy atom. The summed E-state index contributed by atoms with van der Waals surface area (Å²) < 4.78 is 4.73. The van der Waals surface area contributed by atoms with Crippen molar-refractivity contribution in [3.05, 3.63) is 0 Å². The number of rotatable bonds is 4. The van der Waals surface area contributed by atoms with E-state index in [1.807, 2.05) is 0 Å². The Morgan fingerprint density at radius 3 is 2.33 bits per heavy atom. The lowest BCUT2D eigenvalue weighted by molar-refractivity contribution is -0.145. The Labute approximate surface area is 91.1 Å². The predicted molar refractivity (Wildman–Crippen MR) is 56.9 cm³/mol. The smallest absolute Gasteiger partial charge is 0.306 e. The first-order valence-corrected chi connectivity index (χ1v) is 5.61. The van der Waals surface area contributed by atoms with Gasteiger partial charge in [-0.05, 0) is 12.8 Å². The number of carbonyl (C=O) groups excluding carboxylic acids is 1. The van der Waals surface area contributed by atoms with E-state index in [1.54, 1.807) is 0 Å². The summed E-state index contributed by atoms with van der Waals surface area (Å²) in [6.07, 6.45) is 7.25. The third kappa shape index (κ3) is 3.80. The zero-order valence-corrected chi connectivity index (χ0v) is 9.46. The minimum Gasteiger partial charge on any atom is -0.469 e. The van der Waals surface area contributed by atoms with Crippen molar-refractivity contribution < 1.29 is 14.4 Å². The number of carbonyl (C=O) groups is 1. The van der Waals surface area contributed by atoms with E-state index in [2.05, 4.69) is 0 Å². The van der Waals surface area contributed by atoms with E-state index < -0.39 is 0 Å². The summed E-state index contributed by atoms with van der Waals surface area (Å²) in [7, 11) is 1.43. The van der Waals surface area contributed by atoms with Crippen LogP contribution in [0.25, 0.3) is 0 Å². The van der Waals surface area contributed by atoms with Crippen LogP contribution < -0.4 is 5.90 Å². The molecule has 0 amide bonds. The zero-order valence-electron chi connectivity index (χ0n) is 9.46. The second-order valence-corrected chi connectivity index (χ2v) is 4.48. The van der Waals surface area contributed by atoms with E-state index in [0.717, 1.165) is 25.7 Å². The van der Waals surface area contributed by atoms with Crippen molar-refractivity contribution in [2.75, 3.05) is 13.7 Å². The second kappa shape index (κ2) is 6.08. The minimum absolute atomic E-state index is 0.0850. The van der Waals surface area contributed by atoms with E-state index in [4.69, 9.17) is 15.5 Å². The average Bonchev–Trinajstić information content (AvgIpc) is 2.44. The van der Waals surface area contributed by atoms with Gasteiger partial charge in [-0.1, -0.05) is 25.7 Å². The maximum atomic E-state index is 11.4. The molecule has 0 aromatic carbocycles. The number of nitrogens with two attached hydrogens (primary N) is 1. The Balaban J connectivity index is 2.61. The van der Waals surface area contributed by atoms with Crippen LogP contribution in [-0.4, -0.2) is 19.7 Å². The van der Waals surface area contributed by atoms with Gasteiger partial charge in [0.15, 0.2) is 0 Å². The SMILES string of the molecule is COC(=O)CC1(CON)CCCCCC1. The molecule has 0 atom stereocenters. The van der Waals surface area contributed by atoms with E-state index in [1.165, 1.54) is 20.0 Å². The molecule has 0 saturated heterocycles. The molecule has 1 fully saturated rings. The Kier molecular flexibility index (Phi) is 5.05. The fourth-order valence-corrected chi connectivity index (χ4v) is 2.41. The highest BCUT2D eigenvalue weighted by Crippen LogP contribution is 2.38. The summed E-state index contributed by atoms with van der Waals surface area (Å²) in [5, 5.41) is 0. The van der Waals surface area contributed by atoms with Crippen molar-refractivity contribution in [1.82, 2.24) is 0 Å². The second-order valence-electron chi connectivity index (χ2n) is 4.48. The number of methoxy groups -OCH3 is 1. The molecule has 0 spiro atoms.